The van der Waals surface area contributed by atoms with Gasteiger partial charge in [0.1, 0.15) is 0 Å². The van der Waals surface area contributed by atoms with Gasteiger partial charge in [-0.1, -0.05) is 0 Å². The number of ether oxygens (including phenoxy) is 1. The fourth-order valence-corrected chi connectivity index (χ4v) is 3.84. The Balaban J connectivity index is 1.98. The molecule has 0 saturated carbocycles. The Morgan fingerprint density at radius 3 is 2.94 bits per heavy atom. The highest BCUT2D eigenvalue weighted by Crippen LogP contribution is 2.22. The third-order valence-electron chi connectivity index (χ3n) is 2.99. The second kappa shape index (κ2) is 5.01. The molecule has 2 heterocycles. The van der Waals surface area contributed by atoms with Crippen LogP contribution in [-0.2, 0) is 9.84 Å². The topological polar surface area (TPSA) is 94.3 Å². The molecule has 3 N–H and O–H groups in total. The van der Waals surface area contributed by atoms with Crippen molar-refractivity contribution in [1.82, 2.24) is 4.98 Å². The van der Waals surface area contributed by atoms with Gasteiger partial charge in [-0.25, -0.2) is 8.42 Å². The van der Waals surface area contributed by atoms with E-state index >= 15 is 0 Å². The van der Waals surface area contributed by atoms with Crippen LogP contribution in [0.4, 0.5) is 11.5 Å². The Morgan fingerprint density at radius 2 is 2.33 bits per heavy atom. The maximum Gasteiger partial charge on any atom is 0.215 e. The number of anilines is 2. The van der Waals surface area contributed by atoms with Crippen LogP contribution in [0.1, 0.15) is 6.42 Å². The highest BCUT2D eigenvalue weighted by molar-refractivity contribution is 7.91. The summed E-state index contributed by atoms with van der Waals surface area (Å²) in [5.41, 5.74) is 6.31. The molecule has 6 nitrogen and oxygen atoms in total. The van der Waals surface area contributed by atoms with E-state index in [0.29, 0.717) is 30.4 Å². The number of nitrogens with zero attached hydrogens (tertiary/aromatic N) is 1. The van der Waals surface area contributed by atoms with E-state index in [1.165, 1.54) is 7.11 Å². The zero-order chi connectivity index (χ0) is 13.2. The number of aromatic nitrogens is 1. The van der Waals surface area contributed by atoms with Crippen molar-refractivity contribution in [3.8, 4) is 5.88 Å². The molecule has 0 bridgehead atoms. The fraction of sp³-hybridized carbons (Fsp3) is 0.545. The van der Waals surface area contributed by atoms with Crippen LogP contribution >= 0.6 is 0 Å². The number of nitrogens with two attached hydrogens (primary N) is 1. The summed E-state index contributed by atoms with van der Waals surface area (Å²) in [4.78, 5) is 4.18. The minimum absolute atomic E-state index is 0.127. The zero-order valence-corrected chi connectivity index (χ0v) is 11.0. The standard InChI is InChI=1S/C11H17N3O3S/c1-17-10-3-2-9(12)11(14-10)13-6-8-4-5-18(15,16)7-8/h2-3,8H,4-7,12H2,1H3,(H,13,14). The molecule has 7 heteroatoms. The first-order valence-corrected chi connectivity index (χ1v) is 7.57. The number of pyridine rings is 1. The molecule has 18 heavy (non-hydrogen) atoms. The molecule has 1 atom stereocenters. The van der Waals surface area contributed by atoms with Gasteiger partial charge < -0.3 is 15.8 Å². The van der Waals surface area contributed by atoms with E-state index in [1.54, 1.807) is 12.1 Å². The van der Waals surface area contributed by atoms with Crippen molar-refractivity contribution >= 4 is 21.3 Å². The molecule has 1 fully saturated rings. The summed E-state index contributed by atoms with van der Waals surface area (Å²) in [6.07, 6.45) is 0.694. The lowest BCUT2D eigenvalue weighted by atomic mass is 10.1. The third-order valence-corrected chi connectivity index (χ3v) is 4.83. The molecule has 1 aromatic rings. The highest BCUT2D eigenvalue weighted by atomic mass is 32.2. The molecular formula is C11H17N3O3S. The summed E-state index contributed by atoms with van der Waals surface area (Å²) < 4.78 is 27.7. The van der Waals surface area contributed by atoms with Crippen LogP contribution in [0.3, 0.4) is 0 Å². The second-order valence-corrected chi connectivity index (χ2v) is 6.67. The van der Waals surface area contributed by atoms with Gasteiger partial charge in [0, 0.05) is 12.6 Å². The second-order valence-electron chi connectivity index (χ2n) is 4.44. The Morgan fingerprint density at radius 1 is 1.56 bits per heavy atom. The number of hydrogen-bond acceptors (Lipinski definition) is 6. The van der Waals surface area contributed by atoms with E-state index < -0.39 is 9.84 Å². The molecule has 0 spiro atoms. The lowest BCUT2D eigenvalue weighted by molar-refractivity contribution is 0.398. The van der Waals surface area contributed by atoms with Gasteiger partial charge in [0.2, 0.25) is 5.88 Å². The fourth-order valence-electron chi connectivity index (χ4n) is 1.98. The van der Waals surface area contributed by atoms with Crippen LogP contribution in [0, 0.1) is 5.92 Å². The summed E-state index contributed by atoms with van der Waals surface area (Å²) in [6.45, 7) is 0.559. The first-order valence-electron chi connectivity index (χ1n) is 5.75. The van der Waals surface area contributed by atoms with Gasteiger partial charge in [-0.3, -0.25) is 0 Å². The van der Waals surface area contributed by atoms with E-state index in [1.807, 2.05) is 0 Å². The van der Waals surface area contributed by atoms with Crippen molar-refractivity contribution < 1.29 is 13.2 Å². The molecule has 1 aromatic heterocycles. The van der Waals surface area contributed by atoms with Gasteiger partial charge in [-0.15, -0.1) is 0 Å². The molecule has 0 aromatic carbocycles. The molecule has 1 aliphatic rings. The minimum Gasteiger partial charge on any atom is -0.481 e. The van der Waals surface area contributed by atoms with Crippen LogP contribution in [0.2, 0.25) is 0 Å². The molecule has 0 aliphatic carbocycles. The number of nitrogen functional groups attached to an aromatic ring is 1. The molecule has 1 aliphatic heterocycles. The first-order chi connectivity index (χ1) is 8.50. The van der Waals surface area contributed by atoms with Gasteiger partial charge in [0.25, 0.3) is 0 Å². The highest BCUT2D eigenvalue weighted by Gasteiger charge is 2.27. The van der Waals surface area contributed by atoms with E-state index in [-0.39, 0.29) is 17.4 Å². The Bertz CT molecular complexity index is 530. The number of sulfone groups is 1. The molecular weight excluding hydrogens is 254 g/mol. The van der Waals surface area contributed by atoms with Crippen LogP contribution in [0.15, 0.2) is 12.1 Å². The minimum atomic E-state index is -2.84. The lowest BCUT2D eigenvalue weighted by Crippen LogP contribution is -2.17. The third kappa shape index (κ3) is 3.04. The van der Waals surface area contributed by atoms with Gasteiger partial charge in [0.15, 0.2) is 15.7 Å². The quantitative estimate of drug-likeness (QED) is 0.829. The number of rotatable bonds is 4. The summed E-state index contributed by atoms with van der Waals surface area (Å²) in [5, 5.41) is 3.09. The number of hydrogen-bond donors (Lipinski definition) is 2. The van der Waals surface area contributed by atoms with E-state index in [2.05, 4.69) is 10.3 Å². The summed E-state index contributed by atoms with van der Waals surface area (Å²) in [5.74, 6) is 1.66. The maximum absolute atomic E-state index is 11.3. The number of methoxy groups -OCH3 is 1. The summed E-state index contributed by atoms with van der Waals surface area (Å²) >= 11 is 0. The molecule has 100 valence electrons. The van der Waals surface area contributed by atoms with Crippen molar-refractivity contribution in [2.24, 2.45) is 5.92 Å². The molecule has 0 amide bonds. The smallest absolute Gasteiger partial charge is 0.215 e. The molecule has 1 saturated heterocycles. The summed E-state index contributed by atoms with van der Waals surface area (Å²) in [7, 11) is -1.31. The SMILES string of the molecule is COc1ccc(N)c(NCC2CCS(=O)(=O)C2)n1. The average Bonchev–Trinajstić information content (AvgIpc) is 2.68. The Kier molecular flexibility index (Phi) is 3.60. The Labute approximate surface area is 106 Å². The van der Waals surface area contributed by atoms with Crippen LogP contribution in [0.25, 0.3) is 0 Å². The number of nitrogens with one attached hydrogen (secondary N) is 1. The van der Waals surface area contributed by atoms with Gasteiger partial charge in [-0.05, 0) is 18.4 Å². The monoisotopic (exact) mass is 271 g/mol. The van der Waals surface area contributed by atoms with Gasteiger partial charge in [-0.2, -0.15) is 4.98 Å². The largest absolute Gasteiger partial charge is 0.481 e. The van der Waals surface area contributed by atoms with E-state index in [4.69, 9.17) is 10.5 Å². The van der Waals surface area contributed by atoms with Crippen molar-refractivity contribution in [2.75, 3.05) is 36.2 Å². The molecule has 2 rings (SSSR count). The summed E-state index contributed by atoms with van der Waals surface area (Å²) in [6, 6.07) is 3.39. The normalized spacial score (nSPS) is 21.7. The lowest BCUT2D eigenvalue weighted by Gasteiger charge is -2.12. The predicted molar refractivity (Wildman–Crippen MR) is 70.5 cm³/mol. The van der Waals surface area contributed by atoms with Gasteiger partial charge in [0.05, 0.1) is 24.3 Å². The average molecular weight is 271 g/mol. The van der Waals surface area contributed by atoms with Crippen molar-refractivity contribution in [2.45, 2.75) is 6.42 Å². The Hall–Kier alpha value is -1.50. The van der Waals surface area contributed by atoms with Crippen molar-refractivity contribution in [3.05, 3.63) is 12.1 Å². The predicted octanol–water partition coefficient (Wildman–Crippen LogP) is 0.519. The van der Waals surface area contributed by atoms with Crippen molar-refractivity contribution in [1.29, 1.82) is 0 Å². The van der Waals surface area contributed by atoms with Crippen molar-refractivity contribution in [3.63, 3.8) is 0 Å². The van der Waals surface area contributed by atoms with Crippen LogP contribution in [0.5, 0.6) is 5.88 Å². The zero-order valence-electron chi connectivity index (χ0n) is 10.2. The molecule has 0 radical (unpaired) electrons. The van der Waals surface area contributed by atoms with Crippen LogP contribution in [-0.4, -0.2) is 38.6 Å². The van der Waals surface area contributed by atoms with Crippen LogP contribution < -0.4 is 15.8 Å². The van der Waals surface area contributed by atoms with Gasteiger partial charge >= 0.3 is 0 Å². The van der Waals surface area contributed by atoms with E-state index in [0.717, 1.165) is 0 Å². The first kappa shape index (κ1) is 12.9. The maximum atomic E-state index is 11.3. The molecule has 1 unspecified atom stereocenters. The van der Waals surface area contributed by atoms with E-state index in [9.17, 15) is 8.42 Å².